The summed E-state index contributed by atoms with van der Waals surface area (Å²) in [5.74, 6) is 0. The molecule has 0 aromatic heterocycles. The molecule has 0 heterocycles. The summed E-state index contributed by atoms with van der Waals surface area (Å²) in [5.41, 5.74) is -0.110. The molecule has 0 amide bonds. The average Bonchev–Trinajstić information content (AvgIpc) is 2.43. The van der Waals surface area contributed by atoms with Crippen molar-refractivity contribution in [1.29, 1.82) is 0 Å². The third kappa shape index (κ3) is 4.25. The summed E-state index contributed by atoms with van der Waals surface area (Å²) < 4.78 is 0. The summed E-state index contributed by atoms with van der Waals surface area (Å²) in [6.45, 7) is 3.58. The second-order valence-corrected chi connectivity index (χ2v) is 4.27. The van der Waals surface area contributed by atoms with Crippen LogP contribution < -0.4 is 0 Å². The Morgan fingerprint density at radius 2 is 1.95 bits per heavy atom. The largest absolute Gasteiger partial charge is 0.396 e. The molecule has 0 saturated heterocycles. The Morgan fingerprint density at radius 1 is 1.25 bits per heavy atom. The molecule has 0 atom stereocenters. The highest BCUT2D eigenvalue weighted by Crippen LogP contribution is 2.25. The van der Waals surface area contributed by atoms with Crippen LogP contribution in [-0.4, -0.2) is 39.5 Å². The molecule has 0 aliphatic rings. The van der Waals surface area contributed by atoms with Gasteiger partial charge in [0.05, 0.1) is 15.9 Å². The zero-order chi connectivity index (χ0) is 15.1. The zero-order valence-electron chi connectivity index (χ0n) is 11.2. The fraction of sp³-hybridized carbons (Fsp3) is 0.500. The van der Waals surface area contributed by atoms with E-state index in [2.05, 4.69) is 0 Å². The minimum atomic E-state index is -0.653. The van der Waals surface area contributed by atoms with Crippen LogP contribution >= 0.6 is 0 Å². The van der Waals surface area contributed by atoms with Gasteiger partial charge in [-0.3, -0.25) is 25.1 Å². The fourth-order valence-corrected chi connectivity index (χ4v) is 1.85. The van der Waals surface area contributed by atoms with Crippen molar-refractivity contribution in [2.45, 2.75) is 19.9 Å². The van der Waals surface area contributed by atoms with Crippen molar-refractivity contribution >= 4 is 11.4 Å². The van der Waals surface area contributed by atoms with E-state index in [1.54, 1.807) is 0 Å². The molecule has 0 unspecified atom stereocenters. The molecule has 0 aliphatic heterocycles. The molecule has 1 aromatic rings. The maximum Gasteiger partial charge on any atom is 0.280 e. The van der Waals surface area contributed by atoms with E-state index in [4.69, 9.17) is 5.11 Å². The van der Waals surface area contributed by atoms with Gasteiger partial charge in [-0.1, -0.05) is 6.92 Å². The van der Waals surface area contributed by atoms with E-state index in [-0.39, 0.29) is 18.0 Å². The Bertz CT molecular complexity index is 492. The van der Waals surface area contributed by atoms with E-state index in [1.165, 1.54) is 12.1 Å². The SMILES string of the molecule is CCN(CCCO)Cc1ccc([N+](=O)[O-])cc1[N+](=O)[O-]. The number of nitro groups is 2. The third-order valence-electron chi connectivity index (χ3n) is 2.95. The van der Waals surface area contributed by atoms with Crippen LogP contribution in [0.5, 0.6) is 0 Å². The molecule has 20 heavy (non-hydrogen) atoms. The van der Waals surface area contributed by atoms with E-state index in [0.717, 1.165) is 6.07 Å². The van der Waals surface area contributed by atoms with E-state index in [9.17, 15) is 20.2 Å². The Labute approximate surface area is 115 Å². The van der Waals surface area contributed by atoms with Crippen LogP contribution in [0.15, 0.2) is 18.2 Å². The van der Waals surface area contributed by atoms with Gasteiger partial charge in [-0.15, -0.1) is 0 Å². The molecular formula is C12H17N3O5. The molecule has 0 spiro atoms. The van der Waals surface area contributed by atoms with Crippen LogP contribution in [0.4, 0.5) is 11.4 Å². The molecule has 0 aliphatic carbocycles. The van der Waals surface area contributed by atoms with Crippen molar-refractivity contribution in [1.82, 2.24) is 4.90 Å². The fourth-order valence-electron chi connectivity index (χ4n) is 1.85. The van der Waals surface area contributed by atoms with Gasteiger partial charge in [-0.2, -0.15) is 0 Å². The lowest BCUT2D eigenvalue weighted by molar-refractivity contribution is -0.394. The van der Waals surface area contributed by atoms with Crippen molar-refractivity contribution in [2.24, 2.45) is 0 Å². The molecular weight excluding hydrogens is 266 g/mol. The molecule has 1 aromatic carbocycles. The lowest BCUT2D eigenvalue weighted by Gasteiger charge is -2.19. The van der Waals surface area contributed by atoms with Crippen LogP contribution in [0.1, 0.15) is 18.9 Å². The summed E-state index contributed by atoms with van der Waals surface area (Å²) in [5, 5.41) is 30.5. The molecule has 1 rings (SSSR count). The van der Waals surface area contributed by atoms with Crippen molar-refractivity contribution in [3.05, 3.63) is 44.0 Å². The van der Waals surface area contributed by atoms with Crippen LogP contribution in [0.3, 0.4) is 0 Å². The average molecular weight is 283 g/mol. The number of rotatable bonds is 8. The van der Waals surface area contributed by atoms with E-state index < -0.39 is 9.85 Å². The van der Waals surface area contributed by atoms with Gasteiger partial charge in [0.25, 0.3) is 11.4 Å². The number of hydrogen-bond acceptors (Lipinski definition) is 6. The minimum absolute atomic E-state index is 0.0544. The van der Waals surface area contributed by atoms with Gasteiger partial charge in [0.1, 0.15) is 0 Å². The molecule has 110 valence electrons. The predicted molar refractivity (Wildman–Crippen MR) is 72.4 cm³/mol. The highest BCUT2D eigenvalue weighted by Gasteiger charge is 2.20. The maximum atomic E-state index is 11.0. The van der Waals surface area contributed by atoms with Crippen LogP contribution in [0.2, 0.25) is 0 Å². The van der Waals surface area contributed by atoms with Crippen LogP contribution in [0.25, 0.3) is 0 Å². The summed E-state index contributed by atoms with van der Waals surface area (Å²) in [6.07, 6.45) is 0.578. The number of benzene rings is 1. The van der Waals surface area contributed by atoms with Gasteiger partial charge in [0, 0.05) is 31.3 Å². The second kappa shape index (κ2) is 7.51. The standard InChI is InChI=1S/C12H17N3O5/c1-2-13(6-3-7-16)9-10-4-5-11(14(17)18)8-12(10)15(19)20/h4-5,8,16H,2-3,6-7,9H2,1H3. The van der Waals surface area contributed by atoms with Crippen molar-refractivity contribution < 1.29 is 15.0 Å². The second-order valence-electron chi connectivity index (χ2n) is 4.27. The summed E-state index contributed by atoms with van der Waals surface area (Å²) in [7, 11) is 0. The topological polar surface area (TPSA) is 110 Å². The first-order valence-corrected chi connectivity index (χ1v) is 6.24. The predicted octanol–water partition coefficient (Wildman–Crippen LogP) is 1.71. The molecule has 0 fully saturated rings. The molecule has 0 radical (unpaired) electrons. The molecule has 8 nitrogen and oxygen atoms in total. The number of aliphatic hydroxyl groups is 1. The third-order valence-corrected chi connectivity index (χ3v) is 2.95. The smallest absolute Gasteiger partial charge is 0.280 e. The first-order valence-electron chi connectivity index (χ1n) is 6.24. The van der Waals surface area contributed by atoms with Gasteiger partial charge in [0.15, 0.2) is 0 Å². The van der Waals surface area contributed by atoms with Crippen LogP contribution in [-0.2, 0) is 6.54 Å². The quantitative estimate of drug-likeness (QED) is 0.574. The Balaban J connectivity index is 2.98. The number of nitrogens with zero attached hydrogens (tertiary/aromatic N) is 3. The summed E-state index contributed by atoms with van der Waals surface area (Å²) in [4.78, 5) is 22.3. The first kappa shape index (κ1) is 16.0. The molecule has 0 bridgehead atoms. The van der Waals surface area contributed by atoms with Crippen molar-refractivity contribution in [3.8, 4) is 0 Å². The zero-order valence-corrected chi connectivity index (χ0v) is 11.2. The van der Waals surface area contributed by atoms with Gasteiger partial charge in [-0.25, -0.2) is 0 Å². The number of hydrogen-bond donors (Lipinski definition) is 1. The maximum absolute atomic E-state index is 11.0. The number of nitro benzene ring substituents is 2. The Kier molecular flexibility index (Phi) is 6.01. The highest BCUT2D eigenvalue weighted by atomic mass is 16.6. The summed E-state index contributed by atoms with van der Waals surface area (Å²) >= 11 is 0. The van der Waals surface area contributed by atoms with Gasteiger partial charge in [-0.05, 0) is 19.0 Å². The van der Waals surface area contributed by atoms with Gasteiger partial charge in [0.2, 0.25) is 0 Å². The van der Waals surface area contributed by atoms with E-state index in [0.29, 0.717) is 31.6 Å². The lowest BCUT2D eigenvalue weighted by atomic mass is 10.1. The van der Waals surface area contributed by atoms with Crippen molar-refractivity contribution in [3.63, 3.8) is 0 Å². The summed E-state index contributed by atoms with van der Waals surface area (Å²) in [6, 6.07) is 3.66. The lowest BCUT2D eigenvalue weighted by Crippen LogP contribution is -2.25. The highest BCUT2D eigenvalue weighted by molar-refractivity contribution is 5.49. The number of aliphatic hydroxyl groups excluding tert-OH is 1. The molecule has 1 N–H and O–H groups in total. The minimum Gasteiger partial charge on any atom is -0.396 e. The van der Waals surface area contributed by atoms with E-state index >= 15 is 0 Å². The Morgan fingerprint density at radius 3 is 2.45 bits per heavy atom. The van der Waals surface area contributed by atoms with Crippen LogP contribution in [0, 0.1) is 20.2 Å². The normalized spacial score (nSPS) is 10.8. The Hall–Kier alpha value is -2.06. The van der Waals surface area contributed by atoms with Crippen molar-refractivity contribution in [2.75, 3.05) is 19.7 Å². The molecule has 8 heteroatoms. The van der Waals surface area contributed by atoms with E-state index in [1.807, 2.05) is 11.8 Å². The van der Waals surface area contributed by atoms with Gasteiger partial charge < -0.3 is 5.11 Å². The number of non-ortho nitro benzene ring substituents is 1. The molecule has 0 saturated carbocycles. The first-order chi connectivity index (χ1) is 9.49. The monoisotopic (exact) mass is 283 g/mol. The van der Waals surface area contributed by atoms with Gasteiger partial charge >= 0.3 is 0 Å².